The summed E-state index contributed by atoms with van der Waals surface area (Å²) in [6.45, 7) is 4.20. The van der Waals surface area contributed by atoms with Crippen LogP contribution >= 0.6 is 0 Å². The molecule has 0 N–H and O–H groups in total. The summed E-state index contributed by atoms with van der Waals surface area (Å²) < 4.78 is 24.3. The fourth-order valence-corrected chi connectivity index (χ4v) is 5.04. The van der Waals surface area contributed by atoms with E-state index in [0.717, 1.165) is 25.4 Å². The zero-order valence-corrected chi connectivity index (χ0v) is 17.4. The molecule has 2 saturated heterocycles. The Labute approximate surface area is 173 Å². The molecular formula is C24H31FN2O2. The summed E-state index contributed by atoms with van der Waals surface area (Å²) in [5.74, 6) is 1.14. The van der Waals surface area contributed by atoms with Crippen molar-refractivity contribution < 1.29 is 13.9 Å². The highest BCUT2D eigenvalue weighted by Crippen LogP contribution is 2.40. The minimum Gasteiger partial charge on any atom is -0.491 e. The van der Waals surface area contributed by atoms with E-state index < -0.39 is 0 Å². The van der Waals surface area contributed by atoms with Crippen LogP contribution in [0.1, 0.15) is 29.9 Å². The van der Waals surface area contributed by atoms with Gasteiger partial charge in [-0.2, -0.15) is 0 Å². The van der Waals surface area contributed by atoms with Crippen molar-refractivity contribution in [3.8, 4) is 5.75 Å². The average molecular weight is 399 g/mol. The van der Waals surface area contributed by atoms with Gasteiger partial charge in [0.15, 0.2) is 0 Å². The van der Waals surface area contributed by atoms with Gasteiger partial charge < -0.3 is 14.4 Å². The second-order valence-electron chi connectivity index (χ2n) is 8.26. The summed E-state index contributed by atoms with van der Waals surface area (Å²) in [5.41, 5.74) is 2.51. The number of likely N-dealkylation sites (tertiary alicyclic amines) is 2. The molecule has 4 nitrogen and oxygen atoms in total. The van der Waals surface area contributed by atoms with Gasteiger partial charge in [-0.15, -0.1) is 0 Å². The van der Waals surface area contributed by atoms with Crippen molar-refractivity contribution in [2.24, 2.45) is 0 Å². The first-order valence-electron chi connectivity index (χ1n) is 10.6. The molecule has 0 unspecified atom stereocenters. The van der Waals surface area contributed by atoms with Crippen molar-refractivity contribution >= 4 is 0 Å². The molecule has 0 amide bonds. The molecule has 5 heteroatoms. The number of methoxy groups -OCH3 is 1. The van der Waals surface area contributed by atoms with Crippen LogP contribution in [0, 0.1) is 5.82 Å². The van der Waals surface area contributed by atoms with Crippen LogP contribution in [0.5, 0.6) is 5.75 Å². The van der Waals surface area contributed by atoms with Gasteiger partial charge in [-0.1, -0.05) is 24.3 Å². The summed E-state index contributed by atoms with van der Waals surface area (Å²) in [6, 6.07) is 16.5. The maximum Gasteiger partial charge on any atom is 0.123 e. The Morgan fingerprint density at radius 3 is 2.72 bits per heavy atom. The number of benzene rings is 2. The van der Waals surface area contributed by atoms with Gasteiger partial charge in [0.1, 0.15) is 18.2 Å². The van der Waals surface area contributed by atoms with Gasteiger partial charge >= 0.3 is 0 Å². The van der Waals surface area contributed by atoms with E-state index in [4.69, 9.17) is 9.47 Å². The average Bonchev–Trinajstić information content (AvgIpc) is 3.09. The molecule has 0 bridgehead atoms. The highest BCUT2D eigenvalue weighted by Gasteiger charge is 2.45. The Hall–Kier alpha value is -1.95. The van der Waals surface area contributed by atoms with Gasteiger partial charge in [-0.25, -0.2) is 4.39 Å². The van der Waals surface area contributed by atoms with E-state index in [9.17, 15) is 4.39 Å². The number of rotatable bonds is 7. The number of hydrogen-bond acceptors (Lipinski definition) is 4. The maximum absolute atomic E-state index is 13.5. The summed E-state index contributed by atoms with van der Waals surface area (Å²) in [5, 5.41) is 0. The fourth-order valence-electron chi connectivity index (χ4n) is 5.04. The molecule has 2 aromatic carbocycles. The van der Waals surface area contributed by atoms with Gasteiger partial charge in [0.25, 0.3) is 0 Å². The molecule has 2 fully saturated rings. The second kappa shape index (κ2) is 9.24. The molecule has 0 radical (unpaired) electrons. The Morgan fingerprint density at radius 1 is 1.10 bits per heavy atom. The molecule has 2 aliphatic rings. The third-order valence-electron chi connectivity index (χ3n) is 6.36. The van der Waals surface area contributed by atoms with E-state index in [0.29, 0.717) is 31.2 Å². The highest BCUT2D eigenvalue weighted by molar-refractivity contribution is 5.30. The van der Waals surface area contributed by atoms with Gasteiger partial charge in [-0.3, -0.25) is 4.90 Å². The quantitative estimate of drug-likeness (QED) is 0.660. The Morgan fingerprint density at radius 2 is 1.93 bits per heavy atom. The molecule has 0 saturated carbocycles. The van der Waals surface area contributed by atoms with Crippen molar-refractivity contribution in [1.29, 1.82) is 0 Å². The third-order valence-corrected chi connectivity index (χ3v) is 6.36. The van der Waals surface area contributed by atoms with Crippen molar-refractivity contribution in [3.05, 3.63) is 65.5 Å². The van der Waals surface area contributed by atoms with Crippen LogP contribution in [0.25, 0.3) is 0 Å². The third kappa shape index (κ3) is 4.63. The minimum atomic E-state index is -0.164. The summed E-state index contributed by atoms with van der Waals surface area (Å²) in [7, 11) is 3.92. The van der Waals surface area contributed by atoms with Crippen LogP contribution in [0.4, 0.5) is 4.39 Å². The SMILES string of the molecule is COCCOc1cccc(CN2C[C@H](c3ccc(F)cc3)[C@@H]3[C@H]2CCCN3C)c1. The number of halogens is 1. The summed E-state index contributed by atoms with van der Waals surface area (Å²) in [4.78, 5) is 5.12. The van der Waals surface area contributed by atoms with Gasteiger partial charge in [0.2, 0.25) is 0 Å². The van der Waals surface area contributed by atoms with E-state index >= 15 is 0 Å². The number of nitrogens with zero attached hydrogens (tertiary/aromatic N) is 2. The molecule has 0 aromatic heterocycles. The maximum atomic E-state index is 13.5. The van der Waals surface area contributed by atoms with Gasteiger partial charge in [0.05, 0.1) is 6.61 Å². The highest BCUT2D eigenvalue weighted by atomic mass is 19.1. The lowest BCUT2D eigenvalue weighted by atomic mass is 9.86. The van der Waals surface area contributed by atoms with Crippen molar-refractivity contribution in [1.82, 2.24) is 9.80 Å². The minimum absolute atomic E-state index is 0.164. The molecule has 0 aliphatic carbocycles. The van der Waals surface area contributed by atoms with Crippen LogP contribution < -0.4 is 4.74 Å². The monoisotopic (exact) mass is 398 g/mol. The zero-order chi connectivity index (χ0) is 20.2. The van der Waals surface area contributed by atoms with Gasteiger partial charge in [0, 0.05) is 38.2 Å². The van der Waals surface area contributed by atoms with Crippen LogP contribution in [-0.4, -0.2) is 62.3 Å². The predicted octanol–water partition coefficient (Wildman–Crippen LogP) is 3.91. The van der Waals surface area contributed by atoms with Crippen molar-refractivity contribution in [3.63, 3.8) is 0 Å². The van der Waals surface area contributed by atoms with E-state index in [2.05, 4.69) is 35.0 Å². The molecular weight excluding hydrogens is 367 g/mol. The lowest BCUT2D eigenvalue weighted by Crippen LogP contribution is -2.48. The molecule has 2 heterocycles. The van der Waals surface area contributed by atoms with E-state index in [1.807, 2.05) is 18.2 Å². The Kier molecular flexibility index (Phi) is 6.48. The molecule has 156 valence electrons. The molecule has 2 aliphatic heterocycles. The zero-order valence-electron chi connectivity index (χ0n) is 17.4. The van der Waals surface area contributed by atoms with E-state index in [-0.39, 0.29) is 5.82 Å². The van der Waals surface area contributed by atoms with Crippen molar-refractivity contribution in [2.45, 2.75) is 37.4 Å². The summed E-state index contributed by atoms with van der Waals surface area (Å²) in [6.07, 6.45) is 2.45. The molecule has 4 rings (SSSR count). The number of likely N-dealkylation sites (N-methyl/N-ethyl adjacent to an activating group) is 1. The largest absolute Gasteiger partial charge is 0.491 e. The standard InChI is InChI=1S/C24H31FN2O2/c1-26-12-4-7-23-24(26)22(19-8-10-20(25)11-9-19)17-27(23)16-18-5-3-6-21(15-18)29-14-13-28-2/h3,5-6,8-11,15,22-24H,4,7,12-14,16-17H2,1-2H3/t22-,23-,24-/m1/s1. The van der Waals surface area contributed by atoms with Crippen LogP contribution in [-0.2, 0) is 11.3 Å². The number of hydrogen-bond donors (Lipinski definition) is 0. The molecule has 2 aromatic rings. The normalized spacial score (nSPS) is 25.1. The Balaban J connectivity index is 1.51. The number of piperidine rings is 1. The summed E-state index contributed by atoms with van der Waals surface area (Å²) >= 11 is 0. The molecule has 0 spiro atoms. The van der Waals surface area contributed by atoms with E-state index in [1.165, 1.54) is 24.0 Å². The van der Waals surface area contributed by atoms with Crippen LogP contribution in [0.15, 0.2) is 48.5 Å². The topological polar surface area (TPSA) is 24.9 Å². The predicted molar refractivity (Wildman–Crippen MR) is 113 cm³/mol. The second-order valence-corrected chi connectivity index (χ2v) is 8.26. The Bertz CT molecular complexity index is 798. The number of ether oxygens (including phenoxy) is 2. The van der Waals surface area contributed by atoms with Crippen LogP contribution in [0.3, 0.4) is 0 Å². The first kappa shape index (κ1) is 20.3. The number of fused-ring (bicyclic) bond motifs is 1. The first-order valence-corrected chi connectivity index (χ1v) is 10.6. The van der Waals surface area contributed by atoms with Crippen LogP contribution in [0.2, 0.25) is 0 Å². The fraction of sp³-hybridized carbons (Fsp3) is 0.500. The molecule has 3 atom stereocenters. The smallest absolute Gasteiger partial charge is 0.123 e. The first-order chi connectivity index (χ1) is 14.2. The van der Waals surface area contributed by atoms with Gasteiger partial charge in [-0.05, 0) is 61.8 Å². The lowest BCUT2D eigenvalue weighted by molar-refractivity contribution is 0.109. The lowest BCUT2D eigenvalue weighted by Gasteiger charge is -2.39. The van der Waals surface area contributed by atoms with Crippen molar-refractivity contribution in [2.75, 3.05) is 40.5 Å². The van der Waals surface area contributed by atoms with E-state index in [1.54, 1.807) is 19.2 Å². The molecule has 29 heavy (non-hydrogen) atoms.